The highest BCUT2D eigenvalue weighted by atomic mass is 16.5. The van der Waals surface area contributed by atoms with Crippen LogP contribution < -0.4 is 0 Å². The van der Waals surface area contributed by atoms with Crippen LogP contribution in [0.4, 0.5) is 0 Å². The lowest BCUT2D eigenvalue weighted by Crippen LogP contribution is -2.49. The van der Waals surface area contributed by atoms with Crippen molar-refractivity contribution in [1.82, 2.24) is 14.5 Å². The van der Waals surface area contributed by atoms with Crippen molar-refractivity contribution in [3.05, 3.63) is 78.4 Å². The molecule has 5 nitrogen and oxygen atoms in total. The predicted molar refractivity (Wildman–Crippen MR) is 121 cm³/mol. The van der Waals surface area contributed by atoms with Gasteiger partial charge in [-0.15, -0.1) is 0 Å². The van der Waals surface area contributed by atoms with Gasteiger partial charge in [-0.2, -0.15) is 0 Å². The van der Waals surface area contributed by atoms with E-state index in [0.717, 1.165) is 26.0 Å². The van der Waals surface area contributed by atoms with Gasteiger partial charge >= 0.3 is 0 Å². The number of amides is 1. The predicted octanol–water partition coefficient (Wildman–Crippen LogP) is 4.80. The van der Waals surface area contributed by atoms with Gasteiger partial charge in [0.1, 0.15) is 5.69 Å². The van der Waals surface area contributed by atoms with E-state index in [2.05, 4.69) is 60.4 Å². The first-order chi connectivity index (χ1) is 15.2. The number of hydrogen-bond acceptors (Lipinski definition) is 3. The van der Waals surface area contributed by atoms with Crippen molar-refractivity contribution in [2.45, 2.75) is 38.3 Å². The summed E-state index contributed by atoms with van der Waals surface area (Å²) in [6.45, 7) is 4.43. The molecule has 31 heavy (non-hydrogen) atoms. The number of fused-ring (bicyclic) bond motifs is 1. The Labute approximate surface area is 183 Å². The van der Waals surface area contributed by atoms with Crippen LogP contribution in [0.25, 0.3) is 11.1 Å². The highest BCUT2D eigenvalue weighted by Gasteiger charge is 2.35. The molecule has 0 aliphatic carbocycles. The molecule has 0 radical (unpaired) electrons. The molecule has 5 heteroatoms. The molecule has 1 amide bonds. The Morgan fingerprint density at radius 2 is 1.90 bits per heavy atom. The number of piperidine rings is 1. The molecular formula is C26H29N3O2. The second kappa shape index (κ2) is 8.67. The smallest absolute Gasteiger partial charge is 0.272 e. The van der Waals surface area contributed by atoms with Gasteiger partial charge in [-0.25, -0.2) is 4.98 Å². The number of carbonyl (C=O) groups excluding carboxylic acids is 1. The van der Waals surface area contributed by atoms with E-state index in [1.54, 1.807) is 12.5 Å². The molecule has 0 bridgehead atoms. The zero-order valence-corrected chi connectivity index (χ0v) is 18.0. The number of hydrogen-bond donors (Lipinski definition) is 0. The number of carbonyl (C=O) groups is 1. The van der Waals surface area contributed by atoms with Crippen molar-refractivity contribution >= 4 is 5.91 Å². The van der Waals surface area contributed by atoms with Gasteiger partial charge < -0.3 is 14.2 Å². The molecule has 2 aliphatic rings. The first-order valence-electron chi connectivity index (χ1n) is 11.3. The summed E-state index contributed by atoms with van der Waals surface area (Å²) in [5.41, 5.74) is 4.17. The highest BCUT2D eigenvalue weighted by Crippen LogP contribution is 2.32. The van der Waals surface area contributed by atoms with E-state index in [9.17, 15) is 4.79 Å². The van der Waals surface area contributed by atoms with Gasteiger partial charge in [-0.05, 0) is 48.8 Å². The van der Waals surface area contributed by atoms with Gasteiger partial charge in [0.05, 0.1) is 24.7 Å². The number of nitrogens with zero attached hydrogens (tertiary/aromatic N) is 3. The Kier molecular flexibility index (Phi) is 5.60. The standard InChI is InChI=1S/C26H29N3O2/c1-19(22-11-5-6-12-23(22)20-8-3-2-4-9-20)29-18-27-16-24(29)26(30)28-14-13-21-10-7-15-31-25(21)17-28/h2-6,8-9,11-12,16,18-19,21,25H,7,10,13-15,17H2,1H3/t19-,21?,25+/m0/s1. The molecule has 0 N–H and O–H groups in total. The molecule has 160 valence electrons. The minimum atomic E-state index is -0.0127. The number of imidazole rings is 1. The maximum atomic E-state index is 13.5. The van der Waals surface area contributed by atoms with Crippen molar-refractivity contribution in [3.63, 3.8) is 0 Å². The average Bonchev–Trinajstić information content (AvgIpc) is 3.33. The molecule has 0 spiro atoms. The second-order valence-electron chi connectivity index (χ2n) is 8.67. The molecule has 5 rings (SSSR count). The van der Waals surface area contributed by atoms with Crippen LogP contribution in [0.5, 0.6) is 0 Å². The molecule has 2 aliphatic heterocycles. The molecule has 3 atom stereocenters. The van der Waals surface area contributed by atoms with Crippen LogP contribution in [0, 0.1) is 5.92 Å². The Morgan fingerprint density at radius 3 is 2.77 bits per heavy atom. The fraction of sp³-hybridized carbons (Fsp3) is 0.385. The summed E-state index contributed by atoms with van der Waals surface area (Å²) in [6, 6.07) is 18.8. The van der Waals surface area contributed by atoms with Gasteiger partial charge in [0.15, 0.2) is 0 Å². The lowest BCUT2D eigenvalue weighted by molar-refractivity contribution is -0.0629. The summed E-state index contributed by atoms with van der Waals surface area (Å²) >= 11 is 0. The Balaban J connectivity index is 1.41. The third-order valence-electron chi connectivity index (χ3n) is 6.83. The van der Waals surface area contributed by atoms with Crippen LogP contribution >= 0.6 is 0 Å². The van der Waals surface area contributed by atoms with Crippen LogP contribution in [0.3, 0.4) is 0 Å². The normalized spacial score (nSPS) is 22.0. The van der Waals surface area contributed by atoms with Crippen LogP contribution in [-0.2, 0) is 4.74 Å². The summed E-state index contributed by atoms with van der Waals surface area (Å²) < 4.78 is 7.99. The van der Waals surface area contributed by atoms with Crippen LogP contribution in [0.1, 0.15) is 48.3 Å². The third kappa shape index (κ3) is 3.90. The summed E-state index contributed by atoms with van der Waals surface area (Å²) in [5, 5.41) is 0. The van der Waals surface area contributed by atoms with Crippen LogP contribution in [-0.4, -0.2) is 46.2 Å². The van der Waals surface area contributed by atoms with Crippen molar-refractivity contribution < 1.29 is 9.53 Å². The molecule has 3 aromatic rings. The van der Waals surface area contributed by atoms with E-state index in [-0.39, 0.29) is 18.1 Å². The topological polar surface area (TPSA) is 47.4 Å². The first-order valence-corrected chi connectivity index (χ1v) is 11.3. The number of aromatic nitrogens is 2. The van der Waals surface area contributed by atoms with Crippen molar-refractivity contribution in [2.75, 3.05) is 19.7 Å². The Morgan fingerprint density at radius 1 is 1.10 bits per heavy atom. The maximum absolute atomic E-state index is 13.5. The average molecular weight is 416 g/mol. The van der Waals surface area contributed by atoms with Gasteiger partial charge in [0.25, 0.3) is 5.91 Å². The molecule has 2 aromatic carbocycles. The van der Waals surface area contributed by atoms with Crippen molar-refractivity contribution in [1.29, 1.82) is 0 Å². The maximum Gasteiger partial charge on any atom is 0.272 e. The van der Waals surface area contributed by atoms with Crippen LogP contribution in [0.2, 0.25) is 0 Å². The van der Waals surface area contributed by atoms with E-state index in [4.69, 9.17) is 4.74 Å². The molecule has 0 saturated carbocycles. The third-order valence-corrected chi connectivity index (χ3v) is 6.83. The lowest BCUT2D eigenvalue weighted by Gasteiger charge is -2.41. The largest absolute Gasteiger partial charge is 0.376 e. The minimum absolute atomic E-state index is 0.0127. The first kappa shape index (κ1) is 20.0. The molecule has 1 aromatic heterocycles. The van der Waals surface area contributed by atoms with Gasteiger partial charge in [-0.1, -0.05) is 54.6 Å². The van der Waals surface area contributed by atoms with Crippen molar-refractivity contribution in [2.24, 2.45) is 5.92 Å². The van der Waals surface area contributed by atoms with E-state index >= 15 is 0 Å². The lowest BCUT2D eigenvalue weighted by atomic mass is 9.87. The van der Waals surface area contributed by atoms with Crippen molar-refractivity contribution in [3.8, 4) is 11.1 Å². The van der Waals surface area contributed by atoms with Gasteiger partial charge in [0.2, 0.25) is 0 Å². The Hall–Kier alpha value is -2.92. The fourth-order valence-electron chi connectivity index (χ4n) is 5.08. The molecule has 2 saturated heterocycles. The van der Waals surface area contributed by atoms with Crippen LogP contribution in [0.15, 0.2) is 67.1 Å². The van der Waals surface area contributed by atoms with E-state index < -0.39 is 0 Å². The summed E-state index contributed by atoms with van der Waals surface area (Å²) in [5.74, 6) is 0.647. The highest BCUT2D eigenvalue weighted by molar-refractivity contribution is 5.92. The summed E-state index contributed by atoms with van der Waals surface area (Å²) in [6.07, 6.45) is 7.05. The van der Waals surface area contributed by atoms with E-state index in [1.807, 2.05) is 15.5 Å². The monoisotopic (exact) mass is 415 g/mol. The number of likely N-dealkylation sites (tertiary alicyclic amines) is 1. The van der Waals surface area contributed by atoms with Gasteiger partial charge in [-0.3, -0.25) is 4.79 Å². The van der Waals surface area contributed by atoms with E-state index in [0.29, 0.717) is 18.2 Å². The zero-order valence-electron chi connectivity index (χ0n) is 18.0. The second-order valence-corrected chi connectivity index (χ2v) is 8.67. The van der Waals surface area contributed by atoms with Gasteiger partial charge in [0, 0.05) is 19.7 Å². The minimum Gasteiger partial charge on any atom is -0.376 e. The summed E-state index contributed by atoms with van der Waals surface area (Å²) in [4.78, 5) is 19.8. The Bertz CT molecular complexity index is 1050. The number of ether oxygens (including phenoxy) is 1. The number of rotatable bonds is 4. The number of benzene rings is 2. The van der Waals surface area contributed by atoms with E-state index in [1.165, 1.54) is 23.1 Å². The molecular weight excluding hydrogens is 386 g/mol. The SMILES string of the molecule is C[C@@H](c1ccccc1-c1ccccc1)n1cncc1C(=O)N1CCC2CCCO[C@@H]2C1. The fourth-order valence-corrected chi connectivity index (χ4v) is 5.08. The zero-order chi connectivity index (χ0) is 21.2. The summed E-state index contributed by atoms with van der Waals surface area (Å²) in [7, 11) is 0. The molecule has 3 heterocycles. The molecule has 2 fully saturated rings. The quantitative estimate of drug-likeness (QED) is 0.615. The molecule has 1 unspecified atom stereocenters.